The second-order valence-corrected chi connectivity index (χ2v) is 6.53. The van der Waals surface area contributed by atoms with E-state index in [1.165, 1.54) is 31.7 Å². The number of nitrogens with zero attached hydrogens (tertiary/aromatic N) is 1. The Hall–Kier alpha value is -0.780. The van der Waals surface area contributed by atoms with E-state index in [1.807, 2.05) is 6.07 Å². The summed E-state index contributed by atoms with van der Waals surface area (Å²) in [6, 6.07) is 4.07. The van der Waals surface area contributed by atoms with E-state index in [4.69, 9.17) is 9.47 Å². The van der Waals surface area contributed by atoms with Crippen LogP contribution in [-0.4, -0.2) is 45.3 Å². The largest absolute Gasteiger partial charge is 0.496 e. The Bertz CT molecular complexity index is 483. The molecule has 20 heavy (non-hydrogen) atoms. The molecular weight excluding hydrogens is 320 g/mol. The van der Waals surface area contributed by atoms with Crippen LogP contribution in [0.1, 0.15) is 5.56 Å². The zero-order chi connectivity index (χ0) is 14.1. The highest BCUT2D eigenvalue weighted by atomic mass is 79.9. The van der Waals surface area contributed by atoms with Crippen molar-refractivity contribution in [3.8, 4) is 11.5 Å². The minimum absolute atomic E-state index is 0.818. The van der Waals surface area contributed by atoms with Crippen LogP contribution in [0.25, 0.3) is 0 Å². The van der Waals surface area contributed by atoms with Gasteiger partial charge in [-0.1, -0.05) is 0 Å². The molecule has 110 valence electrons. The molecule has 0 aromatic heterocycles. The Balaban J connectivity index is 1.76. The molecule has 2 atom stereocenters. The molecule has 2 fully saturated rings. The molecule has 0 unspecified atom stereocenters. The van der Waals surface area contributed by atoms with Gasteiger partial charge < -0.3 is 14.8 Å². The Morgan fingerprint density at radius 1 is 1.15 bits per heavy atom. The fourth-order valence-corrected chi connectivity index (χ4v) is 3.85. The lowest BCUT2D eigenvalue weighted by molar-refractivity contribution is 0.297. The maximum Gasteiger partial charge on any atom is 0.133 e. The number of hydrogen-bond acceptors (Lipinski definition) is 4. The summed E-state index contributed by atoms with van der Waals surface area (Å²) in [5, 5.41) is 3.48. The molecule has 0 aliphatic carbocycles. The average molecular weight is 341 g/mol. The molecule has 5 heteroatoms. The minimum atomic E-state index is 0.818. The highest BCUT2D eigenvalue weighted by Gasteiger charge is 2.36. The molecular formula is C15H21BrN2O2. The fraction of sp³-hybridized carbons (Fsp3) is 0.600. The standard InChI is InChI=1S/C15H21BrN2O2/c1-19-14-4-13(16)15(20-2)3-10(14)7-18-8-11-5-17-6-12(11)9-18/h3-4,11-12,17H,5-9H2,1-2H3/t11-,12+. The van der Waals surface area contributed by atoms with E-state index < -0.39 is 0 Å². The Kier molecular flexibility index (Phi) is 4.19. The second-order valence-electron chi connectivity index (χ2n) is 5.67. The predicted molar refractivity (Wildman–Crippen MR) is 82.4 cm³/mol. The summed E-state index contributed by atoms with van der Waals surface area (Å²) >= 11 is 3.51. The fourth-order valence-electron chi connectivity index (χ4n) is 3.37. The van der Waals surface area contributed by atoms with Gasteiger partial charge in [0.25, 0.3) is 0 Å². The number of ether oxygens (including phenoxy) is 2. The van der Waals surface area contributed by atoms with Gasteiger partial charge in [-0.25, -0.2) is 0 Å². The third-order valence-electron chi connectivity index (χ3n) is 4.41. The van der Waals surface area contributed by atoms with Gasteiger partial charge in [-0.2, -0.15) is 0 Å². The summed E-state index contributed by atoms with van der Waals surface area (Å²) in [7, 11) is 3.42. The van der Waals surface area contributed by atoms with E-state index in [2.05, 4.69) is 32.2 Å². The smallest absolute Gasteiger partial charge is 0.133 e. The number of likely N-dealkylation sites (tertiary alicyclic amines) is 1. The van der Waals surface area contributed by atoms with Crippen molar-refractivity contribution in [1.82, 2.24) is 10.2 Å². The lowest BCUT2D eigenvalue weighted by atomic mass is 10.0. The van der Waals surface area contributed by atoms with Gasteiger partial charge in [0.15, 0.2) is 0 Å². The third-order valence-corrected chi connectivity index (χ3v) is 5.03. The summed E-state index contributed by atoms with van der Waals surface area (Å²) in [5.41, 5.74) is 1.19. The van der Waals surface area contributed by atoms with Gasteiger partial charge in [-0.15, -0.1) is 0 Å². The van der Waals surface area contributed by atoms with Crippen LogP contribution in [0, 0.1) is 11.8 Å². The first kappa shape index (κ1) is 14.2. The van der Waals surface area contributed by atoms with Crippen molar-refractivity contribution in [1.29, 1.82) is 0 Å². The molecule has 1 aromatic rings. The maximum absolute atomic E-state index is 5.51. The van der Waals surface area contributed by atoms with Crippen LogP contribution in [0.15, 0.2) is 16.6 Å². The number of rotatable bonds is 4. The van der Waals surface area contributed by atoms with Gasteiger partial charge in [0.05, 0.1) is 18.7 Å². The zero-order valence-corrected chi connectivity index (χ0v) is 13.6. The Morgan fingerprint density at radius 3 is 2.40 bits per heavy atom. The quantitative estimate of drug-likeness (QED) is 0.910. The molecule has 2 aliphatic rings. The van der Waals surface area contributed by atoms with E-state index in [1.54, 1.807) is 14.2 Å². The van der Waals surface area contributed by atoms with Gasteiger partial charge in [-0.3, -0.25) is 4.90 Å². The molecule has 0 spiro atoms. The predicted octanol–water partition coefficient (Wildman–Crippen LogP) is 2.12. The summed E-state index contributed by atoms with van der Waals surface area (Å²) < 4.78 is 11.8. The van der Waals surface area contributed by atoms with Crippen molar-refractivity contribution in [2.75, 3.05) is 40.4 Å². The zero-order valence-electron chi connectivity index (χ0n) is 12.0. The summed E-state index contributed by atoms with van der Waals surface area (Å²) in [6.07, 6.45) is 0. The van der Waals surface area contributed by atoms with Gasteiger partial charge in [-0.05, 0) is 53.0 Å². The van der Waals surface area contributed by atoms with Gasteiger partial charge in [0, 0.05) is 25.2 Å². The summed E-state index contributed by atoms with van der Waals surface area (Å²) in [6.45, 7) is 5.63. The van der Waals surface area contributed by atoms with E-state index in [0.29, 0.717) is 0 Å². The van der Waals surface area contributed by atoms with E-state index in [0.717, 1.165) is 34.4 Å². The van der Waals surface area contributed by atoms with Crippen LogP contribution in [0.5, 0.6) is 11.5 Å². The number of methoxy groups -OCH3 is 2. The van der Waals surface area contributed by atoms with Crippen molar-refractivity contribution in [2.24, 2.45) is 11.8 Å². The van der Waals surface area contributed by atoms with Crippen LogP contribution >= 0.6 is 15.9 Å². The number of benzene rings is 1. The first-order valence-corrected chi connectivity index (χ1v) is 7.84. The van der Waals surface area contributed by atoms with E-state index >= 15 is 0 Å². The lowest BCUT2D eigenvalue weighted by Gasteiger charge is -2.19. The van der Waals surface area contributed by atoms with Gasteiger partial charge in [0.2, 0.25) is 0 Å². The SMILES string of the molecule is COc1cc(CN2C[C@H]3CNC[C@H]3C2)c(OC)cc1Br. The maximum atomic E-state index is 5.51. The normalized spacial score (nSPS) is 25.8. The van der Waals surface area contributed by atoms with E-state index in [9.17, 15) is 0 Å². The van der Waals surface area contributed by atoms with Crippen molar-refractivity contribution in [3.63, 3.8) is 0 Å². The first-order chi connectivity index (χ1) is 9.71. The molecule has 0 saturated carbocycles. The molecule has 0 amide bonds. The summed E-state index contributed by atoms with van der Waals surface area (Å²) in [4.78, 5) is 2.53. The summed E-state index contributed by atoms with van der Waals surface area (Å²) in [5.74, 6) is 3.42. The topological polar surface area (TPSA) is 33.7 Å². The van der Waals surface area contributed by atoms with Crippen LogP contribution in [0.4, 0.5) is 0 Å². The van der Waals surface area contributed by atoms with E-state index in [-0.39, 0.29) is 0 Å². The molecule has 0 bridgehead atoms. The molecule has 2 aliphatic heterocycles. The molecule has 2 heterocycles. The molecule has 1 aromatic carbocycles. The average Bonchev–Trinajstić information content (AvgIpc) is 3.01. The highest BCUT2D eigenvalue weighted by molar-refractivity contribution is 9.10. The monoisotopic (exact) mass is 340 g/mol. The van der Waals surface area contributed by atoms with Crippen molar-refractivity contribution >= 4 is 15.9 Å². The van der Waals surface area contributed by atoms with Gasteiger partial charge in [0.1, 0.15) is 11.5 Å². The molecule has 1 N–H and O–H groups in total. The number of nitrogens with one attached hydrogen (secondary N) is 1. The second kappa shape index (κ2) is 5.92. The number of halogens is 1. The van der Waals surface area contributed by atoms with Gasteiger partial charge >= 0.3 is 0 Å². The molecule has 4 nitrogen and oxygen atoms in total. The van der Waals surface area contributed by atoms with Crippen LogP contribution < -0.4 is 14.8 Å². The molecule has 3 rings (SSSR count). The van der Waals surface area contributed by atoms with Crippen molar-refractivity contribution < 1.29 is 9.47 Å². The van der Waals surface area contributed by atoms with Crippen molar-refractivity contribution in [2.45, 2.75) is 6.54 Å². The highest BCUT2D eigenvalue weighted by Crippen LogP contribution is 2.35. The van der Waals surface area contributed by atoms with Crippen molar-refractivity contribution in [3.05, 3.63) is 22.2 Å². The minimum Gasteiger partial charge on any atom is -0.496 e. The van der Waals surface area contributed by atoms with Crippen LogP contribution in [-0.2, 0) is 6.54 Å². The third kappa shape index (κ3) is 2.67. The Morgan fingerprint density at radius 2 is 1.80 bits per heavy atom. The lowest BCUT2D eigenvalue weighted by Crippen LogP contribution is -2.25. The number of fused-ring (bicyclic) bond motifs is 1. The molecule has 0 radical (unpaired) electrons. The molecule has 2 saturated heterocycles. The van der Waals surface area contributed by atoms with Crippen LogP contribution in [0.3, 0.4) is 0 Å². The van der Waals surface area contributed by atoms with Crippen LogP contribution in [0.2, 0.25) is 0 Å². The first-order valence-electron chi connectivity index (χ1n) is 7.04. The number of hydrogen-bond donors (Lipinski definition) is 1. The Labute approximate surface area is 128 Å².